The molecule has 2 aromatic heterocycles. The minimum Gasteiger partial charge on any atom is -0.343 e. The van der Waals surface area contributed by atoms with Gasteiger partial charge in [0.1, 0.15) is 0 Å². The molecule has 0 aliphatic carbocycles. The van der Waals surface area contributed by atoms with E-state index in [0.717, 1.165) is 13.0 Å². The first-order chi connectivity index (χ1) is 8.72. The zero-order valence-electron chi connectivity index (χ0n) is 10.8. The molecule has 0 aliphatic heterocycles. The molecule has 0 aliphatic rings. The minimum absolute atomic E-state index is 0.331. The predicted molar refractivity (Wildman–Crippen MR) is 66.9 cm³/mol. The summed E-state index contributed by atoms with van der Waals surface area (Å²) in [5.41, 5.74) is 7.02. The van der Waals surface area contributed by atoms with Crippen LogP contribution in [0.15, 0.2) is 23.4 Å². The van der Waals surface area contributed by atoms with Crippen LogP contribution in [0.5, 0.6) is 0 Å². The third-order valence-corrected chi connectivity index (χ3v) is 3.17. The van der Waals surface area contributed by atoms with E-state index < -0.39 is 0 Å². The van der Waals surface area contributed by atoms with Gasteiger partial charge in [0, 0.05) is 37.3 Å². The second kappa shape index (κ2) is 5.77. The van der Waals surface area contributed by atoms with Gasteiger partial charge in [-0.2, -0.15) is 4.98 Å². The lowest BCUT2D eigenvalue weighted by molar-refractivity contribution is 0.407. The number of nitrogens with zero attached hydrogens (tertiary/aromatic N) is 4. The van der Waals surface area contributed by atoms with E-state index >= 15 is 0 Å². The van der Waals surface area contributed by atoms with Crippen LogP contribution >= 0.6 is 0 Å². The van der Waals surface area contributed by atoms with Gasteiger partial charge in [-0.1, -0.05) is 19.0 Å². The van der Waals surface area contributed by atoms with E-state index in [2.05, 4.69) is 33.5 Å². The van der Waals surface area contributed by atoms with Gasteiger partial charge >= 0.3 is 0 Å². The summed E-state index contributed by atoms with van der Waals surface area (Å²) < 4.78 is 6.83. The molecule has 6 heteroatoms. The summed E-state index contributed by atoms with van der Waals surface area (Å²) in [6.45, 7) is 5.77. The number of hydrogen-bond donors (Lipinski definition) is 1. The van der Waals surface area contributed by atoms with Crippen LogP contribution in [-0.2, 0) is 13.0 Å². The van der Waals surface area contributed by atoms with Crippen molar-refractivity contribution in [3.63, 3.8) is 0 Å². The molecule has 2 N–H and O–H groups in total. The van der Waals surface area contributed by atoms with Crippen LogP contribution in [0.4, 0.5) is 0 Å². The molecule has 0 aromatic carbocycles. The van der Waals surface area contributed by atoms with Crippen molar-refractivity contribution in [1.82, 2.24) is 19.7 Å². The molecule has 2 heterocycles. The van der Waals surface area contributed by atoms with Gasteiger partial charge in [0.05, 0.1) is 6.33 Å². The monoisotopic (exact) mass is 249 g/mol. The van der Waals surface area contributed by atoms with E-state index in [1.54, 1.807) is 0 Å². The van der Waals surface area contributed by atoms with Gasteiger partial charge in [0.25, 0.3) is 0 Å². The van der Waals surface area contributed by atoms with E-state index in [9.17, 15) is 0 Å². The Hall–Kier alpha value is -1.69. The van der Waals surface area contributed by atoms with E-state index in [4.69, 9.17) is 10.3 Å². The van der Waals surface area contributed by atoms with Gasteiger partial charge in [-0.05, 0) is 5.92 Å². The second-order valence-electron chi connectivity index (χ2n) is 4.70. The van der Waals surface area contributed by atoms with E-state index in [1.807, 2.05) is 12.5 Å². The SMILES string of the molecule is CC(C)C(CN)c1cncn1CCc1ncon1. The van der Waals surface area contributed by atoms with Gasteiger partial charge in [0.2, 0.25) is 6.39 Å². The minimum atomic E-state index is 0.331. The molecule has 0 radical (unpaired) electrons. The van der Waals surface area contributed by atoms with Crippen LogP contribution in [0.3, 0.4) is 0 Å². The van der Waals surface area contributed by atoms with Crippen LogP contribution < -0.4 is 5.73 Å². The normalized spacial score (nSPS) is 13.1. The summed E-state index contributed by atoms with van der Waals surface area (Å²) in [7, 11) is 0. The van der Waals surface area contributed by atoms with E-state index in [0.29, 0.717) is 24.2 Å². The number of aryl methyl sites for hydroxylation is 2. The first-order valence-corrected chi connectivity index (χ1v) is 6.17. The molecule has 0 saturated heterocycles. The predicted octanol–water partition coefficient (Wildman–Crippen LogP) is 1.21. The van der Waals surface area contributed by atoms with Crippen LogP contribution in [0.25, 0.3) is 0 Å². The van der Waals surface area contributed by atoms with Gasteiger partial charge < -0.3 is 14.8 Å². The number of aromatic nitrogens is 4. The third-order valence-electron chi connectivity index (χ3n) is 3.17. The summed E-state index contributed by atoms with van der Waals surface area (Å²) in [6, 6.07) is 0. The number of nitrogens with two attached hydrogens (primary N) is 1. The standard InChI is InChI=1S/C12H19N5O/c1-9(2)10(5-13)11-6-14-7-17(11)4-3-12-15-8-18-16-12/h6-10H,3-5,13H2,1-2H3. The summed E-state index contributed by atoms with van der Waals surface area (Å²) >= 11 is 0. The molecule has 0 saturated carbocycles. The maximum Gasteiger partial charge on any atom is 0.213 e. The maximum absolute atomic E-state index is 5.84. The fourth-order valence-corrected chi connectivity index (χ4v) is 2.08. The molecular formula is C12H19N5O. The molecule has 0 bridgehead atoms. The van der Waals surface area contributed by atoms with Crippen molar-refractivity contribution in [2.45, 2.75) is 32.7 Å². The molecular weight excluding hydrogens is 230 g/mol. The highest BCUT2D eigenvalue weighted by atomic mass is 16.5. The lowest BCUT2D eigenvalue weighted by atomic mass is 9.93. The van der Waals surface area contributed by atoms with Gasteiger partial charge in [0.15, 0.2) is 5.82 Å². The molecule has 98 valence electrons. The lowest BCUT2D eigenvalue weighted by Gasteiger charge is -2.20. The summed E-state index contributed by atoms with van der Waals surface area (Å²) in [5.74, 6) is 1.54. The Labute approximate surface area is 106 Å². The van der Waals surface area contributed by atoms with Crippen molar-refractivity contribution in [1.29, 1.82) is 0 Å². The van der Waals surface area contributed by atoms with Crippen molar-refractivity contribution in [2.24, 2.45) is 11.7 Å². The lowest BCUT2D eigenvalue weighted by Crippen LogP contribution is -2.21. The summed E-state index contributed by atoms with van der Waals surface area (Å²) in [5, 5.41) is 3.80. The third kappa shape index (κ3) is 2.76. The molecule has 2 aromatic rings. The number of rotatable bonds is 6. The van der Waals surface area contributed by atoms with Crippen LogP contribution in [0.2, 0.25) is 0 Å². The fraction of sp³-hybridized carbons (Fsp3) is 0.583. The Morgan fingerprint density at radius 2 is 2.28 bits per heavy atom. The van der Waals surface area contributed by atoms with Crippen LogP contribution in [0.1, 0.15) is 31.3 Å². The molecule has 1 atom stereocenters. The Bertz CT molecular complexity index is 463. The zero-order valence-corrected chi connectivity index (χ0v) is 10.8. The van der Waals surface area contributed by atoms with Crippen molar-refractivity contribution in [3.8, 4) is 0 Å². The van der Waals surface area contributed by atoms with Crippen molar-refractivity contribution in [3.05, 3.63) is 30.4 Å². The first kappa shape index (κ1) is 12.8. The van der Waals surface area contributed by atoms with Crippen molar-refractivity contribution in [2.75, 3.05) is 6.54 Å². The molecule has 1 unspecified atom stereocenters. The van der Waals surface area contributed by atoms with Crippen molar-refractivity contribution < 1.29 is 4.52 Å². The largest absolute Gasteiger partial charge is 0.343 e. The van der Waals surface area contributed by atoms with Crippen LogP contribution in [-0.4, -0.2) is 26.2 Å². The van der Waals surface area contributed by atoms with E-state index in [1.165, 1.54) is 12.1 Å². The fourth-order valence-electron chi connectivity index (χ4n) is 2.08. The molecule has 0 fully saturated rings. The highest BCUT2D eigenvalue weighted by Crippen LogP contribution is 2.22. The highest BCUT2D eigenvalue weighted by Gasteiger charge is 2.18. The van der Waals surface area contributed by atoms with Gasteiger partial charge in [-0.15, -0.1) is 0 Å². The Kier molecular flexibility index (Phi) is 4.09. The molecule has 6 nitrogen and oxygen atoms in total. The van der Waals surface area contributed by atoms with Gasteiger partial charge in [-0.25, -0.2) is 4.98 Å². The molecule has 0 amide bonds. The van der Waals surface area contributed by atoms with Gasteiger partial charge in [-0.3, -0.25) is 0 Å². The number of hydrogen-bond acceptors (Lipinski definition) is 5. The van der Waals surface area contributed by atoms with Crippen molar-refractivity contribution >= 4 is 0 Å². The molecule has 0 spiro atoms. The van der Waals surface area contributed by atoms with Crippen LogP contribution in [0, 0.1) is 5.92 Å². The first-order valence-electron chi connectivity index (χ1n) is 6.17. The topological polar surface area (TPSA) is 82.8 Å². The van der Waals surface area contributed by atoms with E-state index in [-0.39, 0.29) is 0 Å². The zero-order chi connectivity index (χ0) is 13.0. The highest BCUT2D eigenvalue weighted by molar-refractivity contribution is 5.08. The molecule has 18 heavy (non-hydrogen) atoms. The maximum atomic E-state index is 5.84. The Balaban J connectivity index is 2.07. The average Bonchev–Trinajstić information content (AvgIpc) is 2.97. The average molecular weight is 249 g/mol. The smallest absolute Gasteiger partial charge is 0.213 e. The summed E-state index contributed by atoms with van der Waals surface area (Å²) in [4.78, 5) is 8.23. The molecule has 2 rings (SSSR count). The second-order valence-corrected chi connectivity index (χ2v) is 4.70. The quantitative estimate of drug-likeness (QED) is 0.832. The summed E-state index contributed by atoms with van der Waals surface area (Å²) in [6.07, 6.45) is 5.81. The number of imidazole rings is 1. The Morgan fingerprint density at radius 3 is 2.89 bits per heavy atom. The Morgan fingerprint density at radius 1 is 1.44 bits per heavy atom.